The van der Waals surface area contributed by atoms with Gasteiger partial charge in [-0.1, -0.05) is 12.1 Å². The fourth-order valence-electron chi connectivity index (χ4n) is 3.38. The Morgan fingerprint density at radius 2 is 2.08 bits per heavy atom. The molecule has 2 heterocycles. The molecule has 0 radical (unpaired) electrons. The summed E-state index contributed by atoms with van der Waals surface area (Å²) in [6.45, 7) is 3.40. The third-order valence-electron chi connectivity index (χ3n) is 4.92. The van der Waals surface area contributed by atoms with Gasteiger partial charge in [0.15, 0.2) is 0 Å². The molecule has 136 valence electrons. The molecule has 2 saturated heterocycles. The molecule has 1 atom stereocenters. The maximum atomic E-state index is 12.4. The van der Waals surface area contributed by atoms with Gasteiger partial charge in [-0.15, -0.1) is 0 Å². The van der Waals surface area contributed by atoms with Crippen LogP contribution in [0.5, 0.6) is 5.75 Å². The molecule has 6 heteroatoms. The molecular weight excluding hydrogens is 320 g/mol. The summed E-state index contributed by atoms with van der Waals surface area (Å²) in [5, 5.41) is 0. The van der Waals surface area contributed by atoms with Crippen molar-refractivity contribution in [2.45, 2.75) is 25.8 Å². The number of nitrogens with zero attached hydrogens (tertiary/aromatic N) is 2. The van der Waals surface area contributed by atoms with E-state index in [0.29, 0.717) is 38.6 Å². The first-order valence-electron chi connectivity index (χ1n) is 8.92. The molecule has 0 spiro atoms. The molecule has 2 aliphatic rings. The third kappa shape index (κ3) is 4.72. The summed E-state index contributed by atoms with van der Waals surface area (Å²) in [7, 11) is 1.63. The molecule has 1 aromatic rings. The lowest BCUT2D eigenvalue weighted by molar-refractivity contribution is -0.146. The summed E-state index contributed by atoms with van der Waals surface area (Å²) in [5.41, 5.74) is 1.06. The second-order valence-corrected chi connectivity index (χ2v) is 6.77. The average Bonchev–Trinajstić information content (AvgIpc) is 2.65. The smallest absolute Gasteiger partial charge is 0.242 e. The van der Waals surface area contributed by atoms with Crippen molar-refractivity contribution < 1.29 is 19.1 Å². The number of benzene rings is 1. The van der Waals surface area contributed by atoms with Crippen molar-refractivity contribution >= 4 is 11.8 Å². The second-order valence-electron chi connectivity index (χ2n) is 6.77. The highest BCUT2D eigenvalue weighted by Gasteiger charge is 2.28. The van der Waals surface area contributed by atoms with Gasteiger partial charge in [0.1, 0.15) is 5.75 Å². The Kier molecular flexibility index (Phi) is 5.91. The van der Waals surface area contributed by atoms with Crippen LogP contribution in [0.25, 0.3) is 0 Å². The topological polar surface area (TPSA) is 59.1 Å². The van der Waals surface area contributed by atoms with E-state index in [0.717, 1.165) is 30.8 Å². The van der Waals surface area contributed by atoms with Gasteiger partial charge in [-0.05, 0) is 36.5 Å². The van der Waals surface area contributed by atoms with E-state index in [2.05, 4.69) is 0 Å². The van der Waals surface area contributed by atoms with Gasteiger partial charge < -0.3 is 19.3 Å². The lowest BCUT2D eigenvalue weighted by atomic mass is 9.98. The van der Waals surface area contributed by atoms with Crippen LogP contribution in [-0.4, -0.2) is 61.6 Å². The number of methoxy groups -OCH3 is 1. The summed E-state index contributed by atoms with van der Waals surface area (Å²) in [4.78, 5) is 28.4. The van der Waals surface area contributed by atoms with Gasteiger partial charge >= 0.3 is 0 Å². The minimum absolute atomic E-state index is 0.00955. The van der Waals surface area contributed by atoms with E-state index in [-0.39, 0.29) is 18.4 Å². The maximum Gasteiger partial charge on any atom is 0.242 e. The Morgan fingerprint density at radius 3 is 2.72 bits per heavy atom. The Balaban J connectivity index is 1.49. The average molecular weight is 346 g/mol. The van der Waals surface area contributed by atoms with Crippen molar-refractivity contribution in [1.29, 1.82) is 0 Å². The van der Waals surface area contributed by atoms with Crippen LogP contribution in [0.15, 0.2) is 24.3 Å². The van der Waals surface area contributed by atoms with E-state index in [4.69, 9.17) is 9.47 Å². The Bertz CT molecular complexity index is 596. The van der Waals surface area contributed by atoms with Crippen LogP contribution in [-0.2, 0) is 20.9 Å². The molecule has 2 aliphatic heterocycles. The van der Waals surface area contributed by atoms with Crippen LogP contribution in [0.2, 0.25) is 0 Å². The highest BCUT2D eigenvalue weighted by molar-refractivity contribution is 5.86. The predicted molar refractivity (Wildman–Crippen MR) is 93.2 cm³/mol. The van der Waals surface area contributed by atoms with Crippen LogP contribution in [0, 0.1) is 5.92 Å². The largest absolute Gasteiger partial charge is 0.497 e. The number of hydrogen-bond acceptors (Lipinski definition) is 4. The van der Waals surface area contributed by atoms with Gasteiger partial charge in [0.25, 0.3) is 0 Å². The van der Waals surface area contributed by atoms with Crippen molar-refractivity contribution in [3.05, 3.63) is 29.8 Å². The summed E-state index contributed by atoms with van der Waals surface area (Å²) in [5.74, 6) is 1.19. The number of rotatable bonds is 5. The third-order valence-corrected chi connectivity index (χ3v) is 4.92. The van der Waals surface area contributed by atoms with Gasteiger partial charge in [-0.3, -0.25) is 9.59 Å². The van der Waals surface area contributed by atoms with Crippen molar-refractivity contribution in [3.63, 3.8) is 0 Å². The van der Waals surface area contributed by atoms with Gasteiger partial charge in [0, 0.05) is 39.3 Å². The van der Waals surface area contributed by atoms with Crippen LogP contribution in [0.3, 0.4) is 0 Å². The minimum atomic E-state index is 0.00955. The molecule has 1 aromatic carbocycles. The summed E-state index contributed by atoms with van der Waals surface area (Å²) >= 11 is 0. The highest BCUT2D eigenvalue weighted by atomic mass is 16.5. The lowest BCUT2D eigenvalue weighted by Gasteiger charge is -2.35. The number of ether oxygens (including phenoxy) is 2. The molecule has 6 nitrogen and oxygen atoms in total. The fourth-order valence-corrected chi connectivity index (χ4v) is 3.38. The van der Waals surface area contributed by atoms with E-state index in [1.165, 1.54) is 0 Å². The lowest BCUT2D eigenvalue weighted by Crippen LogP contribution is -2.52. The van der Waals surface area contributed by atoms with Crippen molar-refractivity contribution in [3.8, 4) is 5.75 Å². The predicted octanol–water partition coefficient (Wildman–Crippen LogP) is 1.68. The van der Waals surface area contributed by atoms with Crippen LogP contribution in [0.1, 0.15) is 24.8 Å². The molecular formula is C19H26N2O4. The number of carbonyl (C=O) groups is 2. The number of piperazine rings is 1. The SMILES string of the molecule is COc1ccc(CN2CCN(C(=O)CC3CCCOC3)CC2=O)cc1. The van der Waals surface area contributed by atoms with E-state index in [1.54, 1.807) is 12.0 Å². The standard InChI is InChI=1S/C19H26N2O4/c1-24-17-6-4-15(5-7-17)12-20-8-9-21(13-19(20)23)18(22)11-16-3-2-10-25-14-16/h4-7,16H,2-3,8-14H2,1H3. The monoisotopic (exact) mass is 346 g/mol. The molecule has 0 saturated carbocycles. The Labute approximate surface area is 148 Å². The second kappa shape index (κ2) is 8.34. The molecule has 0 bridgehead atoms. The van der Waals surface area contributed by atoms with Crippen LogP contribution < -0.4 is 4.74 Å². The molecule has 0 aliphatic carbocycles. The molecule has 25 heavy (non-hydrogen) atoms. The van der Waals surface area contributed by atoms with E-state index in [1.807, 2.05) is 29.2 Å². The highest BCUT2D eigenvalue weighted by Crippen LogP contribution is 2.19. The quantitative estimate of drug-likeness (QED) is 0.814. The van der Waals surface area contributed by atoms with E-state index >= 15 is 0 Å². The first-order valence-corrected chi connectivity index (χ1v) is 8.92. The van der Waals surface area contributed by atoms with Crippen LogP contribution in [0.4, 0.5) is 0 Å². The van der Waals surface area contributed by atoms with Crippen LogP contribution >= 0.6 is 0 Å². The first-order chi connectivity index (χ1) is 12.2. The van der Waals surface area contributed by atoms with Crippen molar-refractivity contribution in [2.75, 3.05) is 40.0 Å². The summed E-state index contributed by atoms with van der Waals surface area (Å²) in [6.07, 6.45) is 2.55. The summed E-state index contributed by atoms with van der Waals surface area (Å²) in [6, 6.07) is 7.72. The Morgan fingerprint density at radius 1 is 1.28 bits per heavy atom. The zero-order valence-electron chi connectivity index (χ0n) is 14.8. The molecule has 0 N–H and O–H groups in total. The first kappa shape index (κ1) is 17.7. The zero-order chi connectivity index (χ0) is 17.6. The molecule has 1 unspecified atom stereocenters. The molecule has 2 amide bonds. The maximum absolute atomic E-state index is 12.4. The minimum Gasteiger partial charge on any atom is -0.497 e. The zero-order valence-corrected chi connectivity index (χ0v) is 14.8. The Hall–Kier alpha value is -2.08. The fraction of sp³-hybridized carbons (Fsp3) is 0.579. The molecule has 2 fully saturated rings. The van der Waals surface area contributed by atoms with Gasteiger partial charge in [-0.25, -0.2) is 0 Å². The normalized spacial score (nSPS) is 21.3. The van der Waals surface area contributed by atoms with Crippen molar-refractivity contribution in [2.24, 2.45) is 5.92 Å². The number of amides is 2. The van der Waals surface area contributed by atoms with E-state index < -0.39 is 0 Å². The number of carbonyl (C=O) groups excluding carboxylic acids is 2. The van der Waals surface area contributed by atoms with Gasteiger partial charge in [0.2, 0.25) is 11.8 Å². The summed E-state index contributed by atoms with van der Waals surface area (Å²) < 4.78 is 10.6. The van der Waals surface area contributed by atoms with Crippen molar-refractivity contribution in [1.82, 2.24) is 9.80 Å². The van der Waals surface area contributed by atoms with Gasteiger partial charge in [0.05, 0.1) is 13.7 Å². The molecule has 3 rings (SSSR count). The van der Waals surface area contributed by atoms with E-state index in [9.17, 15) is 9.59 Å². The molecule has 0 aromatic heterocycles. The van der Waals surface area contributed by atoms with Gasteiger partial charge in [-0.2, -0.15) is 0 Å². The number of hydrogen-bond donors (Lipinski definition) is 0.